The van der Waals surface area contributed by atoms with Gasteiger partial charge in [-0.05, 0) is 0 Å². The van der Waals surface area contributed by atoms with E-state index in [1.54, 1.807) is 0 Å². The first kappa shape index (κ1) is 24.0. The van der Waals surface area contributed by atoms with Gasteiger partial charge in [-0.1, -0.05) is 0 Å². The molecule has 0 aliphatic heterocycles. The van der Waals surface area contributed by atoms with Crippen LogP contribution in [0.3, 0.4) is 0 Å². The maximum atomic E-state index is 11.7. The van der Waals surface area contributed by atoms with Crippen molar-refractivity contribution < 1.29 is 26.7 Å². The van der Waals surface area contributed by atoms with Gasteiger partial charge in [0.2, 0.25) is 0 Å². The Morgan fingerprint density at radius 3 is 2.26 bits per heavy atom. The van der Waals surface area contributed by atoms with Crippen LogP contribution in [0, 0.1) is 0 Å². The molecule has 1 N–H and O–H groups in total. The van der Waals surface area contributed by atoms with E-state index in [2.05, 4.69) is 11.1 Å². The van der Waals surface area contributed by atoms with Crippen LogP contribution in [0.1, 0.15) is 71.6 Å². The Morgan fingerprint density at radius 1 is 1.13 bits per heavy atom. The van der Waals surface area contributed by atoms with Gasteiger partial charge >= 0.3 is 176 Å². The van der Waals surface area contributed by atoms with Crippen LogP contribution in [-0.2, 0) is 24.1 Å². The average Bonchev–Trinajstić information content (AvgIpc) is 2.43. The normalized spacial score (nSPS) is 14.5. The van der Waals surface area contributed by atoms with Crippen molar-refractivity contribution in [1.29, 1.82) is 0 Å². The third-order valence-corrected chi connectivity index (χ3v) is 5.57. The fraction of sp³-hybridized carbons (Fsp3) is 0.933. The molecule has 0 bridgehead atoms. The molecule has 0 aliphatic rings. The van der Waals surface area contributed by atoms with Crippen molar-refractivity contribution in [2.24, 2.45) is 0 Å². The first-order valence-corrected chi connectivity index (χ1v) is 11.7. The Labute approximate surface area is 174 Å². The Balaban J connectivity index is 3.68. The first-order valence-electron chi connectivity index (χ1n) is 8.56. The summed E-state index contributed by atoms with van der Waals surface area (Å²) in [6, 6.07) is 0. The van der Waals surface area contributed by atoms with Crippen LogP contribution in [0.25, 0.3) is 0 Å². The van der Waals surface area contributed by atoms with Crippen LogP contribution in [-0.4, -0.2) is 80.6 Å². The Morgan fingerprint density at radius 2 is 1.70 bits per heavy atom. The molecule has 2 unspecified atom stereocenters. The predicted octanol–water partition coefficient (Wildman–Crippen LogP) is 3.23. The molecule has 0 aromatic heterocycles. The van der Waals surface area contributed by atoms with Crippen molar-refractivity contribution in [3.63, 3.8) is 0 Å². The molecular weight excluding hydrogens is 347 g/mol. The van der Waals surface area contributed by atoms with Crippen LogP contribution in [0.5, 0.6) is 0 Å². The second-order valence-corrected chi connectivity index (χ2v) is 9.87. The summed E-state index contributed by atoms with van der Waals surface area (Å²) in [5, 5.41) is 0. The molecule has 0 aromatic carbocycles. The standard InChI is InChI=1S/C15H29O6S.K/c1-3-4-5-6-7-8-9-10-11-12-15(16)21-14(2)13-20-22(17,18)19;/h11,14H,3-10,12-13H2,1-2H3,(H,17,18,19);. The number of unbranched alkanes of at least 4 members (excludes halogenated alkanes) is 6. The summed E-state index contributed by atoms with van der Waals surface area (Å²) >= 11 is 0.558. The van der Waals surface area contributed by atoms with E-state index in [0.717, 1.165) is 12.8 Å². The van der Waals surface area contributed by atoms with E-state index < -0.39 is 16.5 Å². The van der Waals surface area contributed by atoms with Crippen LogP contribution < -0.4 is 0 Å². The number of hydrogen-bond acceptors (Lipinski definition) is 5. The zero-order valence-electron chi connectivity index (χ0n) is 14.6. The van der Waals surface area contributed by atoms with Gasteiger partial charge in [-0.2, -0.15) is 0 Å². The van der Waals surface area contributed by atoms with Crippen molar-refractivity contribution in [3.05, 3.63) is 0 Å². The summed E-state index contributed by atoms with van der Waals surface area (Å²) in [6.45, 7) is 3.38. The summed E-state index contributed by atoms with van der Waals surface area (Å²) in [5.74, 6) is -0.322. The van der Waals surface area contributed by atoms with Gasteiger partial charge in [0.25, 0.3) is 0 Å². The summed E-state index contributed by atoms with van der Waals surface area (Å²) < 4.78 is 39.0. The minimum atomic E-state index is -4.48. The monoisotopic (exact) mass is 376 g/mol. The molecule has 0 amide bonds. The molecule has 0 fully saturated rings. The van der Waals surface area contributed by atoms with Crippen molar-refractivity contribution in [3.8, 4) is 0 Å². The van der Waals surface area contributed by atoms with Crippen molar-refractivity contribution in [2.45, 2.75) is 77.8 Å². The molecule has 0 aliphatic carbocycles. The molecule has 0 aromatic rings. The third kappa shape index (κ3) is 17.6. The van der Waals surface area contributed by atoms with Gasteiger partial charge in [-0.3, -0.25) is 0 Å². The van der Waals surface area contributed by atoms with Gasteiger partial charge in [0, 0.05) is 0 Å². The van der Waals surface area contributed by atoms with E-state index in [0.29, 0.717) is 55.4 Å². The van der Waals surface area contributed by atoms with Crippen LogP contribution >= 0.6 is 0 Å². The Kier molecular flexibility index (Phi) is 14.8. The summed E-state index contributed by atoms with van der Waals surface area (Å²) in [5.41, 5.74) is 0. The molecule has 132 valence electrons. The quantitative estimate of drug-likeness (QED) is 0.217. The zero-order valence-corrected chi connectivity index (χ0v) is 18.6. The van der Waals surface area contributed by atoms with E-state index in [1.165, 1.54) is 45.4 Å². The number of hydrogen-bond donors (Lipinski definition) is 1. The molecule has 0 saturated heterocycles. The molecule has 0 radical (unpaired) electrons. The molecule has 0 saturated carbocycles. The molecule has 0 spiro atoms. The Hall–Kier alpha value is 0.976. The van der Waals surface area contributed by atoms with Crippen LogP contribution in [0.15, 0.2) is 0 Å². The van der Waals surface area contributed by atoms with E-state index in [-0.39, 0.29) is 12.6 Å². The zero-order chi connectivity index (χ0) is 17.7. The third-order valence-electron chi connectivity index (χ3n) is 3.60. The van der Waals surface area contributed by atoms with Gasteiger partial charge in [0.15, 0.2) is 0 Å². The van der Waals surface area contributed by atoms with E-state index in [1.807, 2.05) is 0 Å². The van der Waals surface area contributed by atoms with Gasteiger partial charge < -0.3 is 0 Å². The van der Waals surface area contributed by atoms with Gasteiger partial charge in [0.1, 0.15) is 0 Å². The van der Waals surface area contributed by atoms with E-state index in [9.17, 15) is 13.2 Å². The van der Waals surface area contributed by atoms with Crippen molar-refractivity contribution in [1.82, 2.24) is 0 Å². The maximum absolute atomic E-state index is 11.7. The van der Waals surface area contributed by atoms with Crippen LogP contribution in [0.2, 0.25) is 0.0125 Å². The van der Waals surface area contributed by atoms with Gasteiger partial charge in [-0.25, -0.2) is 0 Å². The fourth-order valence-corrected chi connectivity index (χ4v) is 3.85. The van der Waals surface area contributed by atoms with Gasteiger partial charge in [-0.15, -0.1) is 0 Å². The summed E-state index contributed by atoms with van der Waals surface area (Å²) in [4.78, 5) is 11.7. The SMILES string of the molecule is CCCCCCCCC[CH]([K])CC(=O)OC(C)COS(=O)(=O)O. The predicted molar refractivity (Wildman–Crippen MR) is 89.8 cm³/mol. The first-order chi connectivity index (χ1) is 10.7. The fourth-order valence-electron chi connectivity index (χ4n) is 2.32. The summed E-state index contributed by atoms with van der Waals surface area (Å²) in [6.07, 6.45) is 9.63. The van der Waals surface area contributed by atoms with E-state index in [4.69, 9.17) is 9.29 Å². The average molecular weight is 377 g/mol. The van der Waals surface area contributed by atoms with Crippen LogP contribution in [0.4, 0.5) is 0 Å². The second kappa shape index (κ2) is 14.2. The van der Waals surface area contributed by atoms with Gasteiger partial charge in [0.05, 0.1) is 0 Å². The molecule has 0 rings (SSSR count). The number of carbonyl (C=O) groups excluding carboxylic acids is 1. The van der Waals surface area contributed by atoms with Crippen molar-refractivity contribution >= 4 is 65.3 Å². The molecular formula is C15H29KO6S. The molecule has 8 heteroatoms. The number of rotatable bonds is 14. The molecule has 2 atom stereocenters. The van der Waals surface area contributed by atoms with E-state index >= 15 is 0 Å². The molecule has 23 heavy (non-hydrogen) atoms. The number of esters is 1. The Bertz CT molecular complexity index is 412. The second-order valence-electron chi connectivity index (χ2n) is 6.23. The van der Waals surface area contributed by atoms with Crippen molar-refractivity contribution in [2.75, 3.05) is 6.61 Å². The summed E-state index contributed by atoms with van der Waals surface area (Å²) in [7, 11) is -4.48. The molecule has 0 heterocycles. The topological polar surface area (TPSA) is 89.9 Å². The minimum absolute atomic E-state index is 0.322. The number of carbonyl (C=O) groups is 1. The molecule has 6 nitrogen and oxygen atoms in total. The number of ether oxygens (including phenoxy) is 1.